The Bertz CT molecular complexity index is 623. The van der Waals surface area contributed by atoms with Crippen LogP contribution in [0.25, 0.3) is 0 Å². The smallest absolute Gasteiger partial charge is 0.323 e. The van der Waals surface area contributed by atoms with Crippen LogP contribution in [0.15, 0.2) is 12.1 Å². The molecule has 3 N–H and O–H groups in total. The molecule has 1 aromatic rings. The predicted molar refractivity (Wildman–Crippen MR) is 96.0 cm³/mol. The quantitative estimate of drug-likeness (QED) is 0.358. The second-order valence-electron chi connectivity index (χ2n) is 5.00. The molecule has 0 aliphatic rings. The lowest BCUT2D eigenvalue weighted by atomic mass is 10.1. The molecule has 1 rings (SSSR count). The van der Waals surface area contributed by atoms with E-state index in [1.807, 2.05) is 0 Å². The van der Waals surface area contributed by atoms with Gasteiger partial charge in [0.05, 0.1) is 6.26 Å². The van der Waals surface area contributed by atoms with Gasteiger partial charge in [0.2, 0.25) is 10.0 Å². The SMILES string of the molecule is CS(=O)(=O)NCCCC[C@H](N)C(=O)OCc1cc(Cl)nc(Cl)c1.Cl. The number of halogens is 3. The van der Waals surface area contributed by atoms with Gasteiger partial charge in [-0.1, -0.05) is 29.6 Å². The van der Waals surface area contributed by atoms with Gasteiger partial charge in [-0.15, -0.1) is 12.4 Å². The van der Waals surface area contributed by atoms with Crippen molar-refractivity contribution < 1.29 is 17.9 Å². The van der Waals surface area contributed by atoms with E-state index in [4.69, 9.17) is 33.7 Å². The Hall–Kier alpha value is -0.640. The molecule has 11 heteroatoms. The Labute approximate surface area is 157 Å². The van der Waals surface area contributed by atoms with Gasteiger partial charge in [0.1, 0.15) is 23.0 Å². The van der Waals surface area contributed by atoms with E-state index < -0.39 is 22.0 Å². The highest BCUT2D eigenvalue weighted by molar-refractivity contribution is 7.88. The zero-order chi connectivity index (χ0) is 17.5. The van der Waals surface area contributed by atoms with E-state index in [1.54, 1.807) is 12.1 Å². The summed E-state index contributed by atoms with van der Waals surface area (Å²) in [6.07, 6.45) is 2.69. The zero-order valence-electron chi connectivity index (χ0n) is 13.0. The highest BCUT2D eigenvalue weighted by Gasteiger charge is 2.15. The molecular formula is C13H20Cl3N3O4S. The first-order valence-electron chi connectivity index (χ1n) is 6.86. The van der Waals surface area contributed by atoms with Gasteiger partial charge in [-0.05, 0) is 30.5 Å². The van der Waals surface area contributed by atoms with E-state index >= 15 is 0 Å². The molecule has 1 aromatic heterocycles. The molecule has 0 spiro atoms. The highest BCUT2D eigenvalue weighted by atomic mass is 35.5. The fourth-order valence-electron chi connectivity index (χ4n) is 1.72. The van der Waals surface area contributed by atoms with Gasteiger partial charge in [-0.25, -0.2) is 18.1 Å². The van der Waals surface area contributed by atoms with E-state index in [-0.39, 0.29) is 29.3 Å². The van der Waals surface area contributed by atoms with Crippen molar-refractivity contribution in [3.05, 3.63) is 28.0 Å². The minimum absolute atomic E-state index is 0. The lowest BCUT2D eigenvalue weighted by Crippen LogP contribution is -2.32. The summed E-state index contributed by atoms with van der Waals surface area (Å²) >= 11 is 11.5. The number of nitrogens with one attached hydrogen (secondary N) is 1. The minimum atomic E-state index is -3.19. The molecule has 1 atom stereocenters. The molecule has 0 amide bonds. The van der Waals surface area contributed by atoms with Gasteiger partial charge in [0, 0.05) is 6.54 Å². The number of pyridine rings is 1. The number of nitrogens with zero attached hydrogens (tertiary/aromatic N) is 1. The van der Waals surface area contributed by atoms with Crippen LogP contribution in [0, 0.1) is 0 Å². The summed E-state index contributed by atoms with van der Waals surface area (Å²) < 4.78 is 29.2. The Kier molecular flexibility index (Phi) is 10.8. The molecule has 0 bridgehead atoms. The standard InChI is InChI=1S/C13H19Cl2N3O4S.ClH/c1-23(20,21)17-5-3-2-4-10(16)13(19)22-8-9-6-11(14)18-12(15)7-9;/h6-7,10,17H,2-5,8,16H2,1H3;1H/t10-;/m0./s1. The third kappa shape index (κ3) is 10.3. The number of hydrogen-bond donors (Lipinski definition) is 2. The molecule has 0 unspecified atom stereocenters. The third-order valence-electron chi connectivity index (χ3n) is 2.81. The summed E-state index contributed by atoms with van der Waals surface area (Å²) in [6.45, 7) is 0.318. The van der Waals surface area contributed by atoms with Crippen molar-refractivity contribution in [3.8, 4) is 0 Å². The van der Waals surface area contributed by atoms with Crippen LogP contribution in [0.3, 0.4) is 0 Å². The number of nitrogens with two attached hydrogens (primary N) is 1. The first-order valence-corrected chi connectivity index (χ1v) is 9.51. The lowest BCUT2D eigenvalue weighted by Gasteiger charge is -2.11. The minimum Gasteiger partial charge on any atom is -0.460 e. The number of unbranched alkanes of at least 4 members (excludes halogenated alkanes) is 1. The summed E-state index contributed by atoms with van der Waals surface area (Å²) in [5, 5.41) is 0.428. The van der Waals surface area contributed by atoms with E-state index in [0.717, 1.165) is 6.26 Å². The largest absolute Gasteiger partial charge is 0.460 e. The topological polar surface area (TPSA) is 111 Å². The maximum absolute atomic E-state index is 11.8. The van der Waals surface area contributed by atoms with Crippen molar-refractivity contribution in [1.82, 2.24) is 9.71 Å². The van der Waals surface area contributed by atoms with E-state index in [1.165, 1.54) is 0 Å². The van der Waals surface area contributed by atoms with Crippen LogP contribution < -0.4 is 10.5 Å². The van der Waals surface area contributed by atoms with Crippen LogP contribution in [0.5, 0.6) is 0 Å². The van der Waals surface area contributed by atoms with Gasteiger partial charge in [0.25, 0.3) is 0 Å². The molecule has 24 heavy (non-hydrogen) atoms. The van der Waals surface area contributed by atoms with Crippen molar-refractivity contribution in [2.45, 2.75) is 31.9 Å². The summed E-state index contributed by atoms with van der Waals surface area (Å²) in [6, 6.07) is 2.33. The second kappa shape index (κ2) is 11.1. The fourth-order valence-corrected chi connectivity index (χ4v) is 2.74. The number of sulfonamides is 1. The summed E-state index contributed by atoms with van der Waals surface area (Å²) in [7, 11) is -3.19. The Morgan fingerprint density at radius 2 is 1.92 bits per heavy atom. The number of carbonyl (C=O) groups excluding carboxylic acids is 1. The van der Waals surface area contributed by atoms with E-state index in [0.29, 0.717) is 31.4 Å². The number of hydrogen-bond acceptors (Lipinski definition) is 6. The predicted octanol–water partition coefficient (Wildman–Crippen LogP) is 1.90. The monoisotopic (exact) mass is 419 g/mol. The summed E-state index contributed by atoms with van der Waals surface area (Å²) in [5.74, 6) is -0.537. The normalized spacial score (nSPS) is 12.3. The maximum atomic E-state index is 11.8. The van der Waals surface area contributed by atoms with Crippen LogP contribution in [-0.2, 0) is 26.2 Å². The van der Waals surface area contributed by atoms with Gasteiger partial charge in [-0.3, -0.25) is 4.79 Å². The summed E-state index contributed by atoms with van der Waals surface area (Å²) in [4.78, 5) is 15.6. The maximum Gasteiger partial charge on any atom is 0.323 e. The molecular weight excluding hydrogens is 401 g/mol. The number of ether oxygens (including phenoxy) is 1. The average Bonchev–Trinajstić information content (AvgIpc) is 2.41. The molecule has 0 aliphatic carbocycles. The Morgan fingerprint density at radius 1 is 1.33 bits per heavy atom. The lowest BCUT2D eigenvalue weighted by molar-refractivity contribution is -0.146. The molecule has 1 heterocycles. The molecule has 138 valence electrons. The van der Waals surface area contributed by atoms with Crippen LogP contribution in [0.4, 0.5) is 0 Å². The number of aromatic nitrogens is 1. The molecule has 0 aliphatic heterocycles. The number of carbonyl (C=O) groups is 1. The Balaban J connectivity index is 0.00000529. The number of rotatable bonds is 9. The van der Waals surface area contributed by atoms with Crippen LogP contribution in [0.1, 0.15) is 24.8 Å². The van der Waals surface area contributed by atoms with Gasteiger partial charge in [0.15, 0.2) is 0 Å². The van der Waals surface area contributed by atoms with Gasteiger partial charge < -0.3 is 10.5 Å². The molecule has 0 saturated heterocycles. The van der Waals surface area contributed by atoms with Crippen LogP contribution >= 0.6 is 35.6 Å². The van der Waals surface area contributed by atoms with Crippen molar-refractivity contribution in [2.75, 3.05) is 12.8 Å². The molecule has 0 fully saturated rings. The highest BCUT2D eigenvalue weighted by Crippen LogP contribution is 2.15. The van der Waals surface area contributed by atoms with Crippen molar-refractivity contribution >= 4 is 51.6 Å². The first-order chi connectivity index (χ1) is 10.7. The average molecular weight is 421 g/mol. The third-order valence-corrected chi connectivity index (χ3v) is 3.93. The van der Waals surface area contributed by atoms with E-state index in [2.05, 4.69) is 9.71 Å². The van der Waals surface area contributed by atoms with Gasteiger partial charge >= 0.3 is 5.97 Å². The van der Waals surface area contributed by atoms with Gasteiger partial charge in [-0.2, -0.15) is 0 Å². The van der Waals surface area contributed by atoms with Crippen molar-refractivity contribution in [2.24, 2.45) is 5.73 Å². The fraction of sp³-hybridized carbons (Fsp3) is 0.538. The second-order valence-corrected chi connectivity index (χ2v) is 7.60. The number of esters is 1. The first kappa shape index (κ1) is 23.4. The zero-order valence-corrected chi connectivity index (χ0v) is 16.1. The van der Waals surface area contributed by atoms with Crippen molar-refractivity contribution in [1.29, 1.82) is 0 Å². The molecule has 0 aromatic carbocycles. The Morgan fingerprint density at radius 3 is 2.46 bits per heavy atom. The summed E-state index contributed by atoms with van der Waals surface area (Å²) in [5.41, 5.74) is 6.35. The van der Waals surface area contributed by atoms with Crippen LogP contribution in [0.2, 0.25) is 10.3 Å². The molecule has 0 radical (unpaired) electrons. The molecule has 7 nitrogen and oxygen atoms in total. The van der Waals surface area contributed by atoms with Crippen LogP contribution in [-0.4, -0.2) is 38.2 Å². The van der Waals surface area contributed by atoms with E-state index in [9.17, 15) is 13.2 Å². The molecule has 0 saturated carbocycles. The van der Waals surface area contributed by atoms with Crippen molar-refractivity contribution in [3.63, 3.8) is 0 Å².